The third-order valence-electron chi connectivity index (χ3n) is 2.93. The summed E-state index contributed by atoms with van der Waals surface area (Å²) >= 11 is 0. The maximum absolute atomic E-state index is 5.80. The van der Waals surface area contributed by atoms with E-state index in [9.17, 15) is 0 Å². The molecule has 0 bridgehead atoms. The van der Waals surface area contributed by atoms with E-state index in [-0.39, 0.29) is 58.3 Å². The van der Waals surface area contributed by atoms with Crippen LogP contribution in [0.5, 0.6) is 0 Å². The normalized spacial score (nSPS) is 13.8. The Bertz CT molecular complexity index is 266. The maximum Gasteiger partial charge on any atom is 0.146 e. The molecule has 0 rings (SSSR count). The fourth-order valence-corrected chi connectivity index (χ4v) is 2.04. The molecule has 0 amide bonds. The minimum atomic E-state index is -0.0991. The first-order valence-corrected chi connectivity index (χ1v) is 9.40. The van der Waals surface area contributed by atoms with E-state index in [0.717, 1.165) is 0 Å². The van der Waals surface area contributed by atoms with Crippen LogP contribution in [0.25, 0.3) is 0 Å². The van der Waals surface area contributed by atoms with Gasteiger partial charge in [-0.1, -0.05) is 14.9 Å². The monoisotopic (exact) mass is 396 g/mol. The zero-order chi connectivity index (χ0) is 19.2. The lowest BCUT2D eigenvalue weighted by Gasteiger charge is -2.23. The SMILES string of the molecule is C.C.CC(C)OCC(COCOCC(COC(C)C)OC(C)C)OC(C)C. The predicted octanol–water partition coefficient (Wildman–Crippen LogP) is 4.69. The molecule has 2 atom stereocenters. The van der Waals surface area contributed by atoms with Crippen LogP contribution in [0, 0.1) is 0 Å². The molecular weight excluding hydrogens is 348 g/mol. The van der Waals surface area contributed by atoms with Crippen molar-refractivity contribution in [2.75, 3.05) is 33.2 Å². The highest BCUT2D eigenvalue weighted by molar-refractivity contribution is 4.59. The summed E-state index contributed by atoms with van der Waals surface area (Å²) in [5.74, 6) is 0. The summed E-state index contributed by atoms with van der Waals surface area (Å²) < 4.78 is 34.0. The summed E-state index contributed by atoms with van der Waals surface area (Å²) in [4.78, 5) is 0. The van der Waals surface area contributed by atoms with Gasteiger partial charge in [-0.2, -0.15) is 0 Å². The standard InChI is InChI=1S/C19H40O6.2CH4/c1-14(2)22-11-18(24-16(5)6)9-20-13-21-10-19(25-17(7)8)12-23-15(3)4;;/h14-19H,9-13H2,1-8H3;2*1H4. The molecule has 0 fully saturated rings. The smallest absolute Gasteiger partial charge is 0.146 e. The van der Waals surface area contributed by atoms with Gasteiger partial charge in [0.05, 0.1) is 50.8 Å². The van der Waals surface area contributed by atoms with E-state index >= 15 is 0 Å². The van der Waals surface area contributed by atoms with Crippen LogP contribution in [-0.2, 0) is 28.4 Å². The Morgan fingerprint density at radius 1 is 0.481 bits per heavy atom. The summed E-state index contributed by atoms with van der Waals surface area (Å²) in [5.41, 5.74) is 0. The van der Waals surface area contributed by atoms with Gasteiger partial charge < -0.3 is 28.4 Å². The minimum Gasteiger partial charge on any atom is -0.376 e. The fraction of sp³-hybridized carbons (Fsp3) is 1.00. The molecule has 0 heterocycles. The Hall–Kier alpha value is -0.240. The van der Waals surface area contributed by atoms with Crippen LogP contribution in [-0.4, -0.2) is 69.8 Å². The lowest BCUT2D eigenvalue weighted by atomic mass is 10.3. The zero-order valence-corrected chi connectivity index (χ0v) is 17.4. The minimum absolute atomic E-state index is 0. The third kappa shape index (κ3) is 21.9. The van der Waals surface area contributed by atoms with Crippen LogP contribution < -0.4 is 0 Å². The largest absolute Gasteiger partial charge is 0.376 e. The zero-order valence-electron chi connectivity index (χ0n) is 17.4. The molecular formula is C21H48O6. The second kappa shape index (κ2) is 19.1. The summed E-state index contributed by atoms with van der Waals surface area (Å²) in [6.45, 7) is 18.1. The second-order valence-corrected chi connectivity index (χ2v) is 7.24. The molecule has 0 N–H and O–H groups in total. The molecule has 0 spiro atoms. The molecule has 0 aliphatic rings. The highest BCUT2D eigenvalue weighted by atomic mass is 16.7. The quantitative estimate of drug-likeness (QED) is 0.279. The summed E-state index contributed by atoms with van der Waals surface area (Å²) in [6.07, 6.45) is 0.398. The highest BCUT2D eigenvalue weighted by Crippen LogP contribution is 2.04. The van der Waals surface area contributed by atoms with E-state index in [1.54, 1.807) is 0 Å². The lowest BCUT2D eigenvalue weighted by molar-refractivity contribution is -0.148. The van der Waals surface area contributed by atoms with Crippen molar-refractivity contribution in [1.29, 1.82) is 0 Å². The molecule has 2 unspecified atom stereocenters. The molecule has 168 valence electrons. The van der Waals surface area contributed by atoms with Gasteiger partial charge in [0, 0.05) is 0 Å². The van der Waals surface area contributed by atoms with Gasteiger partial charge in [0.15, 0.2) is 0 Å². The van der Waals surface area contributed by atoms with E-state index in [1.807, 2.05) is 55.4 Å². The average molecular weight is 397 g/mol. The van der Waals surface area contributed by atoms with Gasteiger partial charge >= 0.3 is 0 Å². The van der Waals surface area contributed by atoms with Crippen molar-refractivity contribution in [3.8, 4) is 0 Å². The Labute approximate surface area is 169 Å². The van der Waals surface area contributed by atoms with Gasteiger partial charge in [0.1, 0.15) is 19.0 Å². The van der Waals surface area contributed by atoms with Gasteiger partial charge in [-0.25, -0.2) is 0 Å². The van der Waals surface area contributed by atoms with Crippen molar-refractivity contribution in [3.63, 3.8) is 0 Å². The van der Waals surface area contributed by atoms with Crippen LogP contribution in [0.1, 0.15) is 70.2 Å². The first-order valence-electron chi connectivity index (χ1n) is 9.40. The van der Waals surface area contributed by atoms with Gasteiger partial charge in [-0.05, 0) is 55.4 Å². The average Bonchev–Trinajstić information content (AvgIpc) is 2.48. The van der Waals surface area contributed by atoms with E-state index in [0.29, 0.717) is 26.4 Å². The van der Waals surface area contributed by atoms with Crippen LogP contribution in [0.4, 0.5) is 0 Å². The molecule has 0 radical (unpaired) electrons. The van der Waals surface area contributed by atoms with E-state index < -0.39 is 0 Å². The molecule has 0 aliphatic heterocycles. The third-order valence-corrected chi connectivity index (χ3v) is 2.93. The molecule has 27 heavy (non-hydrogen) atoms. The van der Waals surface area contributed by atoms with Crippen molar-refractivity contribution >= 4 is 0 Å². The first-order chi connectivity index (χ1) is 11.7. The fourth-order valence-electron chi connectivity index (χ4n) is 2.04. The van der Waals surface area contributed by atoms with E-state index in [2.05, 4.69) is 0 Å². The molecule has 0 aromatic heterocycles. The Balaban J connectivity index is -0.00000288. The molecule has 0 aromatic carbocycles. The molecule has 6 heteroatoms. The Morgan fingerprint density at radius 3 is 1.07 bits per heavy atom. The van der Waals surface area contributed by atoms with Crippen molar-refractivity contribution in [2.24, 2.45) is 0 Å². The maximum atomic E-state index is 5.80. The van der Waals surface area contributed by atoms with Gasteiger partial charge in [0.25, 0.3) is 0 Å². The molecule has 0 aromatic rings. The number of hydrogen-bond acceptors (Lipinski definition) is 6. The second-order valence-electron chi connectivity index (χ2n) is 7.24. The molecule has 0 aliphatic carbocycles. The van der Waals surface area contributed by atoms with E-state index in [1.165, 1.54) is 0 Å². The Kier molecular flexibility index (Phi) is 22.2. The molecule has 0 saturated heterocycles. The summed E-state index contributed by atoms with van der Waals surface area (Å²) in [7, 11) is 0. The van der Waals surface area contributed by atoms with Crippen LogP contribution in [0.3, 0.4) is 0 Å². The van der Waals surface area contributed by atoms with Crippen molar-refractivity contribution in [2.45, 2.75) is 107 Å². The number of rotatable bonds is 16. The number of hydrogen-bond donors (Lipinski definition) is 0. The van der Waals surface area contributed by atoms with Crippen LogP contribution in [0.2, 0.25) is 0 Å². The predicted molar refractivity (Wildman–Crippen MR) is 112 cm³/mol. The Morgan fingerprint density at radius 2 is 0.815 bits per heavy atom. The first kappa shape index (κ1) is 31.5. The summed E-state index contributed by atoms with van der Waals surface area (Å²) in [6, 6.07) is 0. The molecule has 6 nitrogen and oxygen atoms in total. The summed E-state index contributed by atoms with van der Waals surface area (Å²) in [5, 5.41) is 0. The van der Waals surface area contributed by atoms with Gasteiger partial charge in [-0.3, -0.25) is 0 Å². The molecule has 0 saturated carbocycles. The van der Waals surface area contributed by atoms with Crippen molar-refractivity contribution < 1.29 is 28.4 Å². The van der Waals surface area contributed by atoms with Crippen molar-refractivity contribution in [1.82, 2.24) is 0 Å². The number of ether oxygens (including phenoxy) is 6. The lowest BCUT2D eigenvalue weighted by Crippen LogP contribution is -2.32. The van der Waals surface area contributed by atoms with Crippen molar-refractivity contribution in [3.05, 3.63) is 0 Å². The van der Waals surface area contributed by atoms with E-state index in [4.69, 9.17) is 28.4 Å². The van der Waals surface area contributed by atoms with Gasteiger partial charge in [-0.15, -0.1) is 0 Å². The highest BCUT2D eigenvalue weighted by Gasteiger charge is 2.15. The topological polar surface area (TPSA) is 55.4 Å². The van der Waals surface area contributed by atoms with Crippen LogP contribution >= 0.6 is 0 Å². The van der Waals surface area contributed by atoms with Gasteiger partial charge in [0.2, 0.25) is 0 Å². The van der Waals surface area contributed by atoms with Crippen LogP contribution in [0.15, 0.2) is 0 Å².